The van der Waals surface area contributed by atoms with E-state index in [-0.39, 0.29) is 17.8 Å². The minimum absolute atomic E-state index is 0.127. The van der Waals surface area contributed by atoms with Crippen molar-refractivity contribution in [1.29, 1.82) is 0 Å². The third kappa shape index (κ3) is 4.48. The molecule has 1 atom stereocenters. The van der Waals surface area contributed by atoms with Crippen molar-refractivity contribution >= 4 is 5.91 Å². The molecular formula is C19H20FNO4. The molecule has 1 saturated heterocycles. The van der Waals surface area contributed by atoms with Gasteiger partial charge in [-0.1, -0.05) is 0 Å². The number of rotatable bonds is 5. The van der Waals surface area contributed by atoms with E-state index in [9.17, 15) is 9.18 Å². The van der Waals surface area contributed by atoms with Crippen LogP contribution < -0.4 is 9.47 Å². The van der Waals surface area contributed by atoms with Gasteiger partial charge < -0.3 is 19.1 Å². The molecule has 0 aliphatic carbocycles. The largest absolute Gasteiger partial charge is 0.497 e. The van der Waals surface area contributed by atoms with Crippen LogP contribution in [0.15, 0.2) is 48.5 Å². The molecular weight excluding hydrogens is 325 g/mol. The molecule has 1 amide bonds. The quantitative estimate of drug-likeness (QED) is 0.836. The van der Waals surface area contributed by atoms with Crippen LogP contribution in [-0.2, 0) is 4.74 Å². The van der Waals surface area contributed by atoms with Gasteiger partial charge in [-0.3, -0.25) is 4.79 Å². The highest BCUT2D eigenvalue weighted by Gasteiger charge is 2.25. The zero-order chi connectivity index (χ0) is 17.6. The molecule has 0 bridgehead atoms. The first-order valence-electron chi connectivity index (χ1n) is 8.09. The Kier molecular flexibility index (Phi) is 5.50. The summed E-state index contributed by atoms with van der Waals surface area (Å²) in [6, 6.07) is 12.9. The maximum atomic E-state index is 13.0. The smallest absolute Gasteiger partial charge is 0.254 e. The summed E-state index contributed by atoms with van der Waals surface area (Å²) in [6.45, 7) is 1.74. The summed E-state index contributed by atoms with van der Waals surface area (Å²) in [5.74, 6) is 0.991. The van der Waals surface area contributed by atoms with Gasteiger partial charge in [0.1, 0.15) is 30.0 Å². The Balaban J connectivity index is 1.55. The molecule has 0 aromatic heterocycles. The Morgan fingerprint density at radius 2 is 1.84 bits per heavy atom. The van der Waals surface area contributed by atoms with E-state index in [1.54, 1.807) is 12.0 Å². The Labute approximate surface area is 145 Å². The first-order chi connectivity index (χ1) is 12.2. The number of hydrogen-bond acceptors (Lipinski definition) is 4. The van der Waals surface area contributed by atoms with Gasteiger partial charge in [-0.25, -0.2) is 4.39 Å². The summed E-state index contributed by atoms with van der Waals surface area (Å²) in [5.41, 5.74) is 0.470. The molecule has 3 rings (SSSR count). The van der Waals surface area contributed by atoms with E-state index in [2.05, 4.69) is 0 Å². The predicted molar refractivity (Wildman–Crippen MR) is 90.5 cm³/mol. The second kappa shape index (κ2) is 7.98. The number of halogens is 1. The lowest BCUT2D eigenvalue weighted by Crippen LogP contribution is -2.47. The lowest BCUT2D eigenvalue weighted by molar-refractivity contribution is -0.0401. The lowest BCUT2D eigenvalue weighted by atomic mass is 10.1. The Morgan fingerprint density at radius 3 is 2.52 bits per heavy atom. The fourth-order valence-electron chi connectivity index (χ4n) is 2.64. The molecule has 5 nitrogen and oxygen atoms in total. The summed E-state index contributed by atoms with van der Waals surface area (Å²) in [5, 5.41) is 0. The molecule has 1 aliphatic rings. The molecule has 1 fully saturated rings. The van der Waals surface area contributed by atoms with Gasteiger partial charge in [0.15, 0.2) is 0 Å². The summed E-state index contributed by atoms with van der Waals surface area (Å²) >= 11 is 0. The SMILES string of the molecule is COc1ccc(OCC2CN(C(=O)c3ccc(F)cc3)CCO2)cc1. The van der Waals surface area contributed by atoms with Crippen LogP contribution in [0.5, 0.6) is 11.5 Å². The average Bonchev–Trinajstić information content (AvgIpc) is 2.67. The summed E-state index contributed by atoms with van der Waals surface area (Å²) in [7, 11) is 1.61. The van der Waals surface area contributed by atoms with E-state index in [1.807, 2.05) is 24.3 Å². The number of carbonyl (C=O) groups is 1. The van der Waals surface area contributed by atoms with Gasteiger partial charge in [0.2, 0.25) is 0 Å². The highest BCUT2D eigenvalue weighted by atomic mass is 19.1. The monoisotopic (exact) mass is 345 g/mol. The van der Waals surface area contributed by atoms with Crippen molar-refractivity contribution < 1.29 is 23.4 Å². The normalized spacial score (nSPS) is 17.2. The van der Waals surface area contributed by atoms with Crippen LogP contribution in [0.25, 0.3) is 0 Å². The minimum Gasteiger partial charge on any atom is -0.497 e. The standard InChI is InChI=1S/C19H20FNO4/c1-23-16-6-8-17(9-7-16)25-13-18-12-21(10-11-24-18)19(22)14-2-4-15(20)5-3-14/h2-9,18H,10-13H2,1H3. The summed E-state index contributed by atoms with van der Waals surface area (Å²) < 4.78 is 29.5. The van der Waals surface area contributed by atoms with Crippen molar-refractivity contribution in [1.82, 2.24) is 4.90 Å². The number of morpholine rings is 1. The molecule has 1 heterocycles. The number of nitrogens with zero attached hydrogens (tertiary/aromatic N) is 1. The maximum absolute atomic E-state index is 13.0. The van der Waals surface area contributed by atoms with Gasteiger partial charge >= 0.3 is 0 Å². The number of carbonyl (C=O) groups excluding carboxylic acids is 1. The number of hydrogen-bond donors (Lipinski definition) is 0. The topological polar surface area (TPSA) is 48.0 Å². The van der Waals surface area contributed by atoms with Gasteiger partial charge in [0.25, 0.3) is 5.91 Å². The van der Waals surface area contributed by atoms with Crippen molar-refractivity contribution in [2.24, 2.45) is 0 Å². The zero-order valence-corrected chi connectivity index (χ0v) is 14.0. The van der Waals surface area contributed by atoms with Gasteiger partial charge in [-0.2, -0.15) is 0 Å². The van der Waals surface area contributed by atoms with E-state index < -0.39 is 0 Å². The molecule has 0 spiro atoms. The van der Waals surface area contributed by atoms with Crippen LogP contribution in [0.4, 0.5) is 4.39 Å². The second-order valence-electron chi connectivity index (χ2n) is 5.74. The molecule has 0 N–H and O–H groups in total. The van der Waals surface area contributed by atoms with E-state index in [4.69, 9.17) is 14.2 Å². The molecule has 0 saturated carbocycles. The summed E-state index contributed by atoms with van der Waals surface area (Å²) in [4.78, 5) is 14.2. The van der Waals surface area contributed by atoms with Crippen molar-refractivity contribution in [3.05, 3.63) is 59.9 Å². The molecule has 1 unspecified atom stereocenters. The Morgan fingerprint density at radius 1 is 1.16 bits per heavy atom. The first kappa shape index (κ1) is 17.2. The molecule has 2 aromatic carbocycles. The van der Waals surface area contributed by atoms with Crippen molar-refractivity contribution in [3.8, 4) is 11.5 Å². The molecule has 25 heavy (non-hydrogen) atoms. The highest BCUT2D eigenvalue weighted by Crippen LogP contribution is 2.18. The van der Waals surface area contributed by atoms with Crippen molar-refractivity contribution in [3.63, 3.8) is 0 Å². The lowest BCUT2D eigenvalue weighted by Gasteiger charge is -2.33. The first-order valence-corrected chi connectivity index (χ1v) is 8.09. The van der Waals surface area contributed by atoms with Crippen molar-refractivity contribution in [2.45, 2.75) is 6.10 Å². The van der Waals surface area contributed by atoms with Gasteiger partial charge in [-0.15, -0.1) is 0 Å². The van der Waals surface area contributed by atoms with Gasteiger partial charge in [0, 0.05) is 12.1 Å². The Bertz CT molecular complexity index is 702. The molecule has 6 heteroatoms. The van der Waals surface area contributed by atoms with E-state index >= 15 is 0 Å². The number of methoxy groups -OCH3 is 1. The Hall–Kier alpha value is -2.60. The van der Waals surface area contributed by atoms with Crippen LogP contribution in [0.3, 0.4) is 0 Å². The van der Waals surface area contributed by atoms with Gasteiger partial charge in [-0.05, 0) is 48.5 Å². The average molecular weight is 345 g/mol. The third-order valence-electron chi connectivity index (χ3n) is 4.01. The van der Waals surface area contributed by atoms with E-state index in [0.717, 1.165) is 5.75 Å². The van der Waals surface area contributed by atoms with Crippen LogP contribution in [0, 0.1) is 5.82 Å². The zero-order valence-electron chi connectivity index (χ0n) is 14.0. The van der Waals surface area contributed by atoms with Crippen molar-refractivity contribution in [2.75, 3.05) is 33.4 Å². The van der Waals surface area contributed by atoms with Crippen LogP contribution >= 0.6 is 0 Å². The third-order valence-corrected chi connectivity index (χ3v) is 4.01. The molecule has 2 aromatic rings. The van der Waals surface area contributed by atoms with Crippen LogP contribution in [-0.4, -0.2) is 50.3 Å². The molecule has 1 aliphatic heterocycles. The summed E-state index contributed by atoms with van der Waals surface area (Å²) in [6.07, 6.45) is -0.208. The van der Waals surface area contributed by atoms with Crippen LogP contribution in [0.2, 0.25) is 0 Å². The number of ether oxygens (including phenoxy) is 3. The second-order valence-corrected chi connectivity index (χ2v) is 5.74. The molecule has 132 valence electrons. The minimum atomic E-state index is -0.357. The number of amides is 1. The number of benzene rings is 2. The predicted octanol–water partition coefficient (Wildman–Crippen LogP) is 2.75. The highest BCUT2D eigenvalue weighted by molar-refractivity contribution is 5.94. The van der Waals surface area contributed by atoms with E-state index in [0.29, 0.717) is 37.6 Å². The van der Waals surface area contributed by atoms with Crippen LogP contribution in [0.1, 0.15) is 10.4 Å². The maximum Gasteiger partial charge on any atom is 0.254 e. The van der Waals surface area contributed by atoms with Gasteiger partial charge in [0.05, 0.1) is 20.3 Å². The fourth-order valence-corrected chi connectivity index (χ4v) is 2.64. The van der Waals surface area contributed by atoms with E-state index in [1.165, 1.54) is 24.3 Å². The fraction of sp³-hybridized carbons (Fsp3) is 0.316. The molecule has 0 radical (unpaired) electrons.